The van der Waals surface area contributed by atoms with Gasteiger partial charge >= 0.3 is 12.1 Å². The molecule has 12 heteroatoms. The van der Waals surface area contributed by atoms with Crippen molar-refractivity contribution in [2.75, 3.05) is 23.7 Å². The molecule has 0 atom stereocenters. The topological polar surface area (TPSA) is 154 Å². The third kappa shape index (κ3) is 7.33. The van der Waals surface area contributed by atoms with Gasteiger partial charge in [0, 0.05) is 25.4 Å². The van der Waals surface area contributed by atoms with Crippen LogP contribution in [0.5, 0.6) is 0 Å². The van der Waals surface area contributed by atoms with E-state index in [1.807, 2.05) is 12.1 Å². The fraction of sp³-hybridized carbons (Fsp3) is 0.217. The van der Waals surface area contributed by atoms with Gasteiger partial charge < -0.3 is 26.7 Å². The molecule has 0 aliphatic carbocycles. The standard InChI is InChI=1S/C23H25F2N7O3/c1-13-9-19(18(25)10-17(13)24)30-23(35)32-22-29-12-16(20(33)31-22)15-5-3-14(4-6-15)11-27-7-2-8-28-21(26)34/h3-6,9-10,12,27H,2,7-8,11H2,1H3,(H3,26,28,34)(H3,29,30,31,32,33,35). The number of aryl methyl sites for hydroxylation is 1. The minimum absolute atomic E-state index is 0.137. The maximum atomic E-state index is 13.8. The van der Waals surface area contributed by atoms with Crippen LogP contribution in [-0.4, -0.2) is 35.1 Å². The summed E-state index contributed by atoms with van der Waals surface area (Å²) in [6.45, 7) is 3.23. The fourth-order valence-corrected chi connectivity index (χ4v) is 3.14. The molecular formula is C23H25F2N7O3. The normalized spacial score (nSPS) is 10.6. The number of aromatic nitrogens is 2. The number of benzene rings is 2. The van der Waals surface area contributed by atoms with Crippen molar-refractivity contribution in [3.05, 3.63) is 75.7 Å². The van der Waals surface area contributed by atoms with E-state index in [2.05, 4.69) is 31.2 Å². The molecule has 0 aliphatic rings. The number of aromatic amines is 1. The molecule has 0 saturated carbocycles. The number of nitrogens with two attached hydrogens (primary N) is 1. The first-order chi connectivity index (χ1) is 16.7. The number of amides is 4. The Bertz CT molecular complexity index is 1260. The van der Waals surface area contributed by atoms with Gasteiger partial charge in [0.1, 0.15) is 11.6 Å². The monoisotopic (exact) mass is 485 g/mol. The first-order valence-corrected chi connectivity index (χ1v) is 10.7. The van der Waals surface area contributed by atoms with Gasteiger partial charge in [-0.15, -0.1) is 0 Å². The van der Waals surface area contributed by atoms with E-state index < -0.39 is 29.3 Å². The lowest BCUT2D eigenvalue weighted by atomic mass is 10.1. The molecule has 0 saturated heterocycles. The maximum Gasteiger partial charge on any atom is 0.326 e. The van der Waals surface area contributed by atoms with Gasteiger partial charge in [-0.25, -0.2) is 18.4 Å². The highest BCUT2D eigenvalue weighted by Gasteiger charge is 2.12. The van der Waals surface area contributed by atoms with Crippen LogP contribution in [0.4, 0.5) is 30.0 Å². The van der Waals surface area contributed by atoms with Crippen LogP contribution in [0.1, 0.15) is 17.5 Å². The molecule has 35 heavy (non-hydrogen) atoms. The number of nitrogens with zero attached hydrogens (tertiary/aromatic N) is 1. The highest BCUT2D eigenvalue weighted by atomic mass is 19.1. The lowest BCUT2D eigenvalue weighted by molar-refractivity contribution is 0.248. The summed E-state index contributed by atoms with van der Waals surface area (Å²) in [6.07, 6.45) is 2.14. The van der Waals surface area contributed by atoms with Gasteiger partial charge in [-0.2, -0.15) is 4.98 Å². The molecule has 0 radical (unpaired) electrons. The Kier molecular flexibility index (Phi) is 8.46. The molecule has 0 aliphatic heterocycles. The van der Waals surface area contributed by atoms with Crippen LogP contribution < -0.4 is 32.6 Å². The van der Waals surface area contributed by atoms with E-state index >= 15 is 0 Å². The Labute approximate surface area is 199 Å². The Balaban J connectivity index is 1.56. The van der Waals surface area contributed by atoms with Crippen molar-refractivity contribution in [3.63, 3.8) is 0 Å². The Morgan fingerprint density at radius 3 is 2.49 bits per heavy atom. The van der Waals surface area contributed by atoms with E-state index in [0.717, 1.165) is 18.1 Å². The molecule has 3 rings (SSSR count). The number of H-pyrrole nitrogens is 1. The van der Waals surface area contributed by atoms with Crippen molar-refractivity contribution < 1.29 is 18.4 Å². The lowest BCUT2D eigenvalue weighted by Crippen LogP contribution is -2.31. The second kappa shape index (κ2) is 11.7. The number of hydrogen-bond donors (Lipinski definition) is 6. The smallest absolute Gasteiger partial charge is 0.326 e. The number of urea groups is 2. The van der Waals surface area contributed by atoms with Crippen molar-refractivity contribution >= 4 is 23.7 Å². The number of halogens is 2. The van der Waals surface area contributed by atoms with E-state index in [9.17, 15) is 23.2 Å². The summed E-state index contributed by atoms with van der Waals surface area (Å²) in [6, 6.07) is 7.70. The Morgan fingerprint density at radius 1 is 1.06 bits per heavy atom. The first-order valence-electron chi connectivity index (χ1n) is 10.7. The van der Waals surface area contributed by atoms with Crippen LogP contribution in [0.25, 0.3) is 11.1 Å². The van der Waals surface area contributed by atoms with Crippen LogP contribution in [0.15, 0.2) is 47.4 Å². The van der Waals surface area contributed by atoms with E-state index in [1.165, 1.54) is 13.1 Å². The molecule has 3 aromatic rings. The van der Waals surface area contributed by atoms with Gasteiger partial charge in [-0.3, -0.25) is 10.1 Å². The summed E-state index contributed by atoms with van der Waals surface area (Å²) in [7, 11) is 0. The maximum absolute atomic E-state index is 13.8. The highest BCUT2D eigenvalue weighted by Crippen LogP contribution is 2.19. The van der Waals surface area contributed by atoms with E-state index in [-0.39, 0.29) is 17.2 Å². The van der Waals surface area contributed by atoms with Crippen LogP contribution in [0.3, 0.4) is 0 Å². The largest absolute Gasteiger partial charge is 0.352 e. The molecule has 0 spiro atoms. The van der Waals surface area contributed by atoms with Gasteiger partial charge in [0.15, 0.2) is 0 Å². The summed E-state index contributed by atoms with van der Waals surface area (Å²) >= 11 is 0. The lowest BCUT2D eigenvalue weighted by Gasteiger charge is -2.10. The van der Waals surface area contributed by atoms with Crippen LogP contribution in [0, 0.1) is 18.6 Å². The Hall–Kier alpha value is -4.32. The predicted octanol–water partition coefficient (Wildman–Crippen LogP) is 2.82. The highest BCUT2D eigenvalue weighted by molar-refractivity contribution is 5.98. The quantitative estimate of drug-likeness (QED) is 0.257. The third-order valence-electron chi connectivity index (χ3n) is 4.95. The van der Waals surface area contributed by atoms with E-state index in [1.54, 1.807) is 12.1 Å². The molecule has 0 fully saturated rings. The number of carbonyl (C=O) groups excluding carboxylic acids is 2. The second-order valence-corrected chi connectivity index (χ2v) is 7.65. The number of carbonyl (C=O) groups is 2. The summed E-state index contributed by atoms with van der Waals surface area (Å²) in [5.41, 5.74) is 6.31. The molecule has 2 aromatic carbocycles. The van der Waals surface area contributed by atoms with Crippen molar-refractivity contribution in [1.82, 2.24) is 20.6 Å². The first kappa shape index (κ1) is 25.3. The minimum atomic E-state index is -0.932. The second-order valence-electron chi connectivity index (χ2n) is 7.65. The molecule has 1 aromatic heterocycles. The predicted molar refractivity (Wildman–Crippen MR) is 128 cm³/mol. The third-order valence-corrected chi connectivity index (χ3v) is 4.95. The summed E-state index contributed by atoms with van der Waals surface area (Å²) in [4.78, 5) is 41.7. The summed E-state index contributed by atoms with van der Waals surface area (Å²) < 4.78 is 27.2. The molecule has 0 unspecified atom stereocenters. The van der Waals surface area contributed by atoms with Gasteiger partial charge in [-0.05, 0) is 42.6 Å². The van der Waals surface area contributed by atoms with Gasteiger partial charge in [-0.1, -0.05) is 24.3 Å². The number of anilines is 2. The minimum Gasteiger partial charge on any atom is -0.352 e. The van der Waals surface area contributed by atoms with Crippen molar-refractivity contribution in [3.8, 4) is 11.1 Å². The van der Waals surface area contributed by atoms with Crippen molar-refractivity contribution in [2.45, 2.75) is 19.9 Å². The van der Waals surface area contributed by atoms with Crippen LogP contribution >= 0.6 is 0 Å². The zero-order valence-electron chi connectivity index (χ0n) is 18.9. The number of nitrogens with one attached hydrogen (secondary N) is 5. The summed E-state index contributed by atoms with van der Waals surface area (Å²) in [5, 5.41) is 10.3. The van der Waals surface area contributed by atoms with Crippen LogP contribution in [0.2, 0.25) is 0 Å². The molecule has 0 bridgehead atoms. The number of primary amides is 1. The zero-order chi connectivity index (χ0) is 25.4. The summed E-state index contributed by atoms with van der Waals surface area (Å²) in [5.74, 6) is -1.80. The molecule has 7 N–H and O–H groups in total. The average molecular weight is 485 g/mol. The SMILES string of the molecule is Cc1cc(NC(=O)Nc2nc(=O)c(-c3ccc(CNCCCNC(N)=O)cc3)c[nH]2)c(F)cc1F. The van der Waals surface area contributed by atoms with Crippen LogP contribution in [-0.2, 0) is 6.54 Å². The molecule has 184 valence electrons. The van der Waals surface area contributed by atoms with Gasteiger partial charge in [0.25, 0.3) is 5.56 Å². The van der Waals surface area contributed by atoms with Crippen molar-refractivity contribution in [1.29, 1.82) is 0 Å². The van der Waals surface area contributed by atoms with E-state index in [0.29, 0.717) is 36.8 Å². The van der Waals surface area contributed by atoms with E-state index in [4.69, 9.17) is 5.73 Å². The van der Waals surface area contributed by atoms with Gasteiger partial charge in [0.2, 0.25) is 5.95 Å². The number of hydrogen-bond acceptors (Lipinski definition) is 5. The molecule has 1 heterocycles. The van der Waals surface area contributed by atoms with Gasteiger partial charge in [0.05, 0.1) is 11.3 Å². The average Bonchev–Trinajstić information content (AvgIpc) is 2.80. The zero-order valence-corrected chi connectivity index (χ0v) is 18.9. The Morgan fingerprint density at radius 2 is 1.80 bits per heavy atom. The molecule has 10 nitrogen and oxygen atoms in total. The van der Waals surface area contributed by atoms with Crippen molar-refractivity contribution in [2.24, 2.45) is 5.73 Å². The fourth-order valence-electron chi connectivity index (χ4n) is 3.14. The molecule has 4 amide bonds. The molecular weight excluding hydrogens is 460 g/mol. The number of rotatable bonds is 9.